The van der Waals surface area contributed by atoms with Gasteiger partial charge in [-0.15, -0.1) is 0 Å². The number of fused-ring (bicyclic) bond motifs is 1. The predicted octanol–water partition coefficient (Wildman–Crippen LogP) is 0.287. The van der Waals surface area contributed by atoms with Crippen LogP contribution in [0.2, 0.25) is 0 Å². The lowest BCUT2D eigenvalue weighted by molar-refractivity contribution is -0.137. The summed E-state index contributed by atoms with van der Waals surface area (Å²) in [5, 5.41) is 23.6. The molecule has 2 aromatic heterocycles. The fourth-order valence-corrected chi connectivity index (χ4v) is 6.06. The molecule has 2 amide bonds. The second-order valence-corrected chi connectivity index (χ2v) is 11.5. The van der Waals surface area contributed by atoms with Gasteiger partial charge in [0.2, 0.25) is 0 Å². The smallest absolute Gasteiger partial charge is 0.409 e. The zero-order chi connectivity index (χ0) is 29.1. The van der Waals surface area contributed by atoms with E-state index in [1.165, 1.54) is 10.9 Å². The minimum atomic E-state index is -1.40. The number of nitrogens with zero attached hydrogens (tertiary/aromatic N) is 6. The van der Waals surface area contributed by atoms with Crippen LogP contribution in [0.1, 0.15) is 51.1 Å². The molecule has 0 bridgehead atoms. The van der Waals surface area contributed by atoms with E-state index in [0.717, 1.165) is 45.2 Å². The van der Waals surface area contributed by atoms with Crippen LogP contribution in [-0.2, 0) is 20.7 Å². The number of hydrogen-bond donors (Lipinski definition) is 4. The summed E-state index contributed by atoms with van der Waals surface area (Å²) in [7, 11) is 2.09. The van der Waals surface area contributed by atoms with Crippen molar-refractivity contribution in [3.05, 3.63) is 12.2 Å². The number of likely N-dealkylation sites (N-methyl/N-ethyl adjacent to an activating group) is 1. The number of likely N-dealkylation sites (tertiary alicyclic amines) is 2. The Kier molecular flexibility index (Phi) is 9.22. The summed E-state index contributed by atoms with van der Waals surface area (Å²) in [4.78, 5) is 42.2. The summed E-state index contributed by atoms with van der Waals surface area (Å²) >= 11 is 0. The lowest BCUT2D eigenvalue weighted by Crippen LogP contribution is -2.42. The first kappa shape index (κ1) is 29.4. The molecule has 3 saturated heterocycles. The van der Waals surface area contributed by atoms with Gasteiger partial charge in [-0.1, -0.05) is 0 Å². The molecule has 0 spiro atoms. The fourth-order valence-electron chi connectivity index (χ4n) is 6.06. The van der Waals surface area contributed by atoms with Gasteiger partial charge in [0.15, 0.2) is 23.8 Å². The van der Waals surface area contributed by atoms with Gasteiger partial charge in [-0.3, -0.25) is 9.36 Å². The SMILES string of the molecule is CCNC(=O)[C@H]1O[C@@H](n2cnc3c(N)nc(CCCC4CCN(C(=O)OCC5CCN(C)C5)CC4)nc32)[C@@H](O)C1O. The number of amides is 2. The maximum absolute atomic E-state index is 12.5. The van der Waals surface area contributed by atoms with Crippen LogP contribution in [0.15, 0.2) is 6.33 Å². The van der Waals surface area contributed by atoms with Crippen LogP contribution in [0, 0.1) is 11.8 Å². The van der Waals surface area contributed by atoms with Crippen molar-refractivity contribution < 1.29 is 29.3 Å². The molecule has 0 aromatic carbocycles. The van der Waals surface area contributed by atoms with Crippen LogP contribution in [0.4, 0.5) is 10.6 Å². The van der Waals surface area contributed by atoms with Crippen LogP contribution in [-0.4, -0.2) is 116 Å². The van der Waals surface area contributed by atoms with Crippen LogP contribution >= 0.6 is 0 Å². The number of imidazole rings is 1. The summed E-state index contributed by atoms with van der Waals surface area (Å²) in [6, 6.07) is 0. The molecule has 226 valence electrons. The van der Waals surface area contributed by atoms with E-state index >= 15 is 0 Å². The summed E-state index contributed by atoms with van der Waals surface area (Å²) in [5.74, 6) is 1.20. The van der Waals surface area contributed by atoms with E-state index in [1.54, 1.807) is 6.92 Å². The van der Waals surface area contributed by atoms with Gasteiger partial charge in [0.05, 0.1) is 12.9 Å². The monoisotopic (exact) mass is 574 g/mol. The third kappa shape index (κ3) is 6.55. The number of nitrogen functional groups attached to an aromatic ring is 1. The average molecular weight is 575 g/mol. The highest BCUT2D eigenvalue weighted by molar-refractivity contribution is 5.83. The lowest BCUT2D eigenvalue weighted by Gasteiger charge is -2.31. The number of aliphatic hydroxyl groups is 2. The molecule has 3 fully saturated rings. The number of ether oxygens (including phenoxy) is 2. The molecule has 5 rings (SSSR count). The van der Waals surface area contributed by atoms with Crippen molar-refractivity contribution in [2.24, 2.45) is 11.8 Å². The Bertz CT molecular complexity index is 1220. The number of hydrogen-bond acceptors (Lipinski definition) is 11. The van der Waals surface area contributed by atoms with Crippen LogP contribution in [0.3, 0.4) is 0 Å². The number of nitrogens with two attached hydrogens (primary N) is 1. The van der Waals surface area contributed by atoms with Crippen molar-refractivity contribution >= 4 is 29.0 Å². The maximum atomic E-state index is 12.5. The molecule has 0 saturated carbocycles. The molecule has 2 aromatic rings. The largest absolute Gasteiger partial charge is 0.449 e. The molecule has 5 heterocycles. The topological polar surface area (TPSA) is 181 Å². The minimum absolute atomic E-state index is 0.201. The predicted molar refractivity (Wildman–Crippen MR) is 149 cm³/mol. The Labute approximate surface area is 239 Å². The first-order valence-corrected chi connectivity index (χ1v) is 14.6. The third-order valence-electron chi connectivity index (χ3n) is 8.43. The van der Waals surface area contributed by atoms with Gasteiger partial charge in [0.25, 0.3) is 5.91 Å². The Morgan fingerprint density at radius 2 is 1.90 bits per heavy atom. The molecule has 14 heteroatoms. The van der Waals surface area contributed by atoms with Crippen molar-refractivity contribution in [1.82, 2.24) is 34.6 Å². The van der Waals surface area contributed by atoms with E-state index in [1.807, 2.05) is 4.90 Å². The number of rotatable bonds is 9. The summed E-state index contributed by atoms with van der Waals surface area (Å²) in [6.45, 7) is 6.08. The van der Waals surface area contributed by atoms with E-state index in [4.69, 9.17) is 15.2 Å². The highest BCUT2D eigenvalue weighted by atomic mass is 16.6. The number of aromatic nitrogens is 4. The number of aryl methyl sites for hydroxylation is 1. The first-order valence-electron chi connectivity index (χ1n) is 14.6. The van der Waals surface area contributed by atoms with Crippen molar-refractivity contribution in [2.45, 2.75) is 70.0 Å². The highest BCUT2D eigenvalue weighted by Crippen LogP contribution is 2.32. The Balaban J connectivity index is 1.12. The molecule has 5 N–H and O–H groups in total. The van der Waals surface area contributed by atoms with Gasteiger partial charge >= 0.3 is 6.09 Å². The van der Waals surface area contributed by atoms with Crippen LogP contribution < -0.4 is 11.1 Å². The van der Waals surface area contributed by atoms with Crippen molar-refractivity contribution in [3.63, 3.8) is 0 Å². The quantitative estimate of drug-likeness (QED) is 0.323. The van der Waals surface area contributed by atoms with Gasteiger partial charge in [-0.25, -0.2) is 19.7 Å². The molecule has 5 atom stereocenters. The Morgan fingerprint density at radius 1 is 1.15 bits per heavy atom. The summed E-state index contributed by atoms with van der Waals surface area (Å²) in [6.07, 6.45) is 1.57. The maximum Gasteiger partial charge on any atom is 0.409 e. The lowest BCUT2D eigenvalue weighted by atomic mass is 9.91. The fraction of sp³-hybridized carbons (Fsp3) is 0.741. The zero-order valence-corrected chi connectivity index (χ0v) is 23.8. The molecule has 3 aliphatic rings. The van der Waals surface area contributed by atoms with E-state index in [2.05, 4.69) is 32.2 Å². The normalized spacial score (nSPS) is 27.5. The Morgan fingerprint density at radius 3 is 2.61 bits per heavy atom. The van der Waals surface area contributed by atoms with Gasteiger partial charge in [0, 0.05) is 38.5 Å². The molecular weight excluding hydrogens is 532 g/mol. The van der Waals surface area contributed by atoms with Gasteiger partial charge in [-0.05, 0) is 58.5 Å². The van der Waals surface area contributed by atoms with Gasteiger partial charge in [-0.2, -0.15) is 0 Å². The highest BCUT2D eigenvalue weighted by Gasteiger charge is 2.47. The number of carbonyl (C=O) groups is 2. The van der Waals surface area contributed by atoms with E-state index in [-0.39, 0.29) is 11.9 Å². The number of nitrogens with one attached hydrogen (secondary N) is 1. The number of anilines is 1. The second-order valence-electron chi connectivity index (χ2n) is 11.5. The summed E-state index contributed by atoms with van der Waals surface area (Å²) < 4.78 is 12.8. The van der Waals surface area contributed by atoms with Gasteiger partial charge < -0.3 is 40.5 Å². The van der Waals surface area contributed by atoms with E-state index in [0.29, 0.717) is 61.5 Å². The number of carbonyl (C=O) groups excluding carboxylic acids is 2. The average Bonchev–Trinajstić information content (AvgIpc) is 3.65. The summed E-state index contributed by atoms with van der Waals surface area (Å²) in [5.41, 5.74) is 6.91. The number of piperidine rings is 1. The molecule has 0 radical (unpaired) electrons. The molecule has 3 aliphatic heterocycles. The van der Waals surface area contributed by atoms with Crippen molar-refractivity contribution in [3.8, 4) is 0 Å². The molecule has 0 aliphatic carbocycles. The number of aliphatic hydroxyl groups excluding tert-OH is 2. The molecule has 41 heavy (non-hydrogen) atoms. The van der Waals surface area contributed by atoms with Crippen molar-refractivity contribution in [2.75, 3.05) is 52.1 Å². The molecular formula is C27H42N8O6. The Hall–Kier alpha value is -3.07. The standard InChI is InChI=1S/C27H42N8O6/c1-3-29-25(38)22-20(36)21(37)26(41-22)35-15-30-19-23(28)31-18(32-24(19)35)6-4-5-16-8-11-34(12-9-16)27(39)40-14-17-7-10-33(2)13-17/h15-17,20-22,26,36-37H,3-14H2,1-2H3,(H,29,38)(H2,28,31,32)/t17?,20?,21-,22-,26+/m0/s1. The first-order chi connectivity index (χ1) is 19.7. The van der Waals surface area contributed by atoms with E-state index in [9.17, 15) is 19.8 Å². The zero-order valence-electron chi connectivity index (χ0n) is 23.8. The minimum Gasteiger partial charge on any atom is -0.449 e. The second kappa shape index (κ2) is 12.8. The third-order valence-corrected chi connectivity index (χ3v) is 8.43. The molecule has 2 unspecified atom stereocenters. The van der Waals surface area contributed by atoms with Crippen LogP contribution in [0.5, 0.6) is 0 Å². The van der Waals surface area contributed by atoms with Crippen molar-refractivity contribution in [1.29, 1.82) is 0 Å². The van der Waals surface area contributed by atoms with Gasteiger partial charge in [0.1, 0.15) is 23.5 Å². The molecule has 14 nitrogen and oxygen atoms in total. The van der Waals surface area contributed by atoms with E-state index < -0.39 is 30.4 Å². The van der Waals surface area contributed by atoms with Crippen LogP contribution in [0.25, 0.3) is 11.2 Å².